The molecule has 1 aromatic carbocycles. The van der Waals surface area contributed by atoms with Crippen molar-refractivity contribution in [2.75, 3.05) is 7.11 Å². The minimum Gasteiger partial charge on any atom is -0.312 e. The largest absolute Gasteiger partial charge is 0.348 e. The van der Waals surface area contributed by atoms with Crippen molar-refractivity contribution in [3.63, 3.8) is 0 Å². The van der Waals surface area contributed by atoms with E-state index in [0.717, 1.165) is 13.2 Å². The van der Waals surface area contributed by atoms with Crippen LogP contribution in [0.4, 0.5) is 8.78 Å². The molecule has 1 aromatic rings. The van der Waals surface area contributed by atoms with E-state index in [4.69, 9.17) is 0 Å². The molecule has 0 amide bonds. The molecule has 0 spiro atoms. The van der Waals surface area contributed by atoms with Crippen molar-refractivity contribution in [3.8, 4) is 0 Å². The molecule has 0 bridgehead atoms. The van der Waals surface area contributed by atoms with Crippen LogP contribution in [-0.4, -0.2) is 15.5 Å². The van der Waals surface area contributed by atoms with E-state index in [1.54, 1.807) is 0 Å². The summed E-state index contributed by atoms with van der Waals surface area (Å²) in [6.07, 6.45) is -0.0824. The summed E-state index contributed by atoms with van der Waals surface area (Å²) in [5, 5.41) is 0. The fraction of sp³-hybridized carbons (Fsp3) is 0.333. The van der Waals surface area contributed by atoms with Crippen LogP contribution in [0.25, 0.3) is 0 Å². The van der Waals surface area contributed by atoms with Crippen LogP contribution in [0.3, 0.4) is 0 Å². The third-order valence-electron chi connectivity index (χ3n) is 2.12. The van der Waals surface area contributed by atoms with Crippen molar-refractivity contribution in [2.24, 2.45) is 0 Å². The summed E-state index contributed by atoms with van der Waals surface area (Å²) in [6.45, 7) is 1.44. The molecular formula is C9H11F2O6PS. The second-order valence-corrected chi connectivity index (χ2v) is 5.78. The van der Waals surface area contributed by atoms with Gasteiger partial charge in [-0.1, -0.05) is 11.3 Å². The molecule has 0 saturated carbocycles. The number of hydrogen-bond donors (Lipinski definition) is 0. The molecule has 6 nitrogen and oxygen atoms in total. The third-order valence-corrected chi connectivity index (χ3v) is 3.98. The smallest absolute Gasteiger partial charge is 0.312 e. The zero-order chi connectivity index (χ0) is 14.6. The Morgan fingerprint density at radius 1 is 1.26 bits per heavy atom. The van der Waals surface area contributed by atoms with E-state index in [-0.39, 0.29) is 12.0 Å². The van der Waals surface area contributed by atoms with Gasteiger partial charge in [0, 0.05) is 12.7 Å². The molecule has 1 rings (SSSR count). The molecule has 0 heterocycles. The van der Waals surface area contributed by atoms with Gasteiger partial charge in [-0.05, 0) is 18.6 Å². The van der Waals surface area contributed by atoms with Crippen molar-refractivity contribution in [2.45, 2.75) is 18.2 Å². The zero-order valence-corrected chi connectivity index (χ0v) is 11.8. The van der Waals surface area contributed by atoms with Crippen molar-refractivity contribution in [3.05, 3.63) is 29.3 Å². The third kappa shape index (κ3) is 3.80. The number of halogens is 2. The molecule has 1 atom stereocenters. The Kier molecular flexibility index (Phi) is 5.57. The minimum atomic E-state index is -4.75. The van der Waals surface area contributed by atoms with Crippen LogP contribution in [0, 0.1) is 11.6 Å². The summed E-state index contributed by atoms with van der Waals surface area (Å²) in [4.78, 5) is -0.985. The standard InChI is InChI=1S/C9H11F2O6PS/c1-3-6-7(10)4-5-8(11)9(6)19(13,14)17-16-18(12)15-2/h4-5,18H,3H2,1-2H3. The van der Waals surface area contributed by atoms with Crippen molar-refractivity contribution in [1.82, 2.24) is 0 Å². The molecule has 0 fully saturated rings. The Hall–Kier alpha value is -0.860. The van der Waals surface area contributed by atoms with E-state index in [9.17, 15) is 21.8 Å². The average Bonchev–Trinajstić information content (AvgIpc) is 2.38. The van der Waals surface area contributed by atoms with Crippen LogP contribution < -0.4 is 0 Å². The Bertz CT molecular complexity index is 589. The molecule has 108 valence electrons. The Morgan fingerprint density at radius 2 is 1.84 bits per heavy atom. The van der Waals surface area contributed by atoms with Gasteiger partial charge in [0.1, 0.15) is 16.5 Å². The molecule has 10 heteroatoms. The highest BCUT2D eigenvalue weighted by atomic mass is 32.2. The lowest BCUT2D eigenvalue weighted by Gasteiger charge is -2.10. The predicted molar refractivity (Wildman–Crippen MR) is 61.1 cm³/mol. The topological polar surface area (TPSA) is 78.9 Å². The monoisotopic (exact) mass is 316 g/mol. The fourth-order valence-corrected chi connectivity index (χ4v) is 2.88. The first-order valence-corrected chi connectivity index (χ1v) is 7.62. The quantitative estimate of drug-likeness (QED) is 0.455. The van der Waals surface area contributed by atoms with Crippen LogP contribution in [0.1, 0.15) is 12.5 Å². The second kappa shape index (κ2) is 6.53. The predicted octanol–water partition coefficient (Wildman–Crippen LogP) is 2.20. The summed E-state index contributed by atoms with van der Waals surface area (Å²) in [6, 6.07) is 1.44. The second-order valence-electron chi connectivity index (χ2n) is 3.25. The zero-order valence-electron chi connectivity index (χ0n) is 9.98. The molecule has 0 radical (unpaired) electrons. The van der Waals surface area contributed by atoms with Gasteiger partial charge in [-0.2, -0.15) is 8.42 Å². The van der Waals surface area contributed by atoms with Crippen LogP contribution in [0.5, 0.6) is 0 Å². The van der Waals surface area contributed by atoms with Crippen LogP contribution >= 0.6 is 8.25 Å². The van der Waals surface area contributed by atoms with Gasteiger partial charge in [-0.3, -0.25) is 4.57 Å². The molecular weight excluding hydrogens is 305 g/mol. The van der Waals surface area contributed by atoms with Crippen molar-refractivity contribution in [1.29, 1.82) is 0 Å². The summed E-state index contributed by atoms with van der Waals surface area (Å²) < 4.78 is 73.1. The minimum absolute atomic E-state index is 0.0824. The Labute approximate surface area is 109 Å². The van der Waals surface area contributed by atoms with E-state index < -0.39 is 34.9 Å². The number of hydrogen-bond acceptors (Lipinski definition) is 6. The van der Waals surface area contributed by atoms with Gasteiger partial charge in [0.2, 0.25) is 0 Å². The molecule has 0 saturated heterocycles. The summed E-state index contributed by atoms with van der Waals surface area (Å²) >= 11 is 0. The van der Waals surface area contributed by atoms with Gasteiger partial charge in [0.05, 0.1) is 0 Å². The van der Waals surface area contributed by atoms with Crippen molar-refractivity contribution < 1.29 is 35.3 Å². The molecule has 19 heavy (non-hydrogen) atoms. The van der Waals surface area contributed by atoms with Gasteiger partial charge in [-0.15, -0.1) is 4.67 Å². The summed E-state index contributed by atoms with van der Waals surface area (Å²) in [7, 11) is -6.93. The van der Waals surface area contributed by atoms with Crippen LogP contribution in [0.2, 0.25) is 0 Å². The van der Waals surface area contributed by atoms with Gasteiger partial charge >= 0.3 is 18.4 Å². The summed E-state index contributed by atoms with van der Waals surface area (Å²) in [5.74, 6) is -2.09. The van der Waals surface area contributed by atoms with Crippen molar-refractivity contribution >= 4 is 18.4 Å². The van der Waals surface area contributed by atoms with E-state index in [1.165, 1.54) is 6.92 Å². The first-order valence-electron chi connectivity index (χ1n) is 4.99. The van der Waals surface area contributed by atoms with Gasteiger partial charge in [0.25, 0.3) is 0 Å². The lowest BCUT2D eigenvalue weighted by Crippen LogP contribution is -2.12. The highest BCUT2D eigenvalue weighted by molar-refractivity contribution is 7.86. The van der Waals surface area contributed by atoms with E-state index >= 15 is 0 Å². The van der Waals surface area contributed by atoms with Gasteiger partial charge in [-0.25, -0.2) is 8.78 Å². The van der Waals surface area contributed by atoms with Crippen LogP contribution in [-0.2, 0) is 34.6 Å². The SMILES string of the molecule is CCc1c(F)ccc(F)c1S(=O)(=O)OO[PH](=O)OC. The molecule has 0 aliphatic heterocycles. The number of benzene rings is 1. The maximum absolute atomic E-state index is 13.5. The average molecular weight is 316 g/mol. The van der Waals surface area contributed by atoms with Gasteiger partial charge in [0.15, 0.2) is 0 Å². The highest BCUT2D eigenvalue weighted by Gasteiger charge is 2.28. The fourth-order valence-electron chi connectivity index (χ4n) is 1.32. The van der Waals surface area contributed by atoms with E-state index in [0.29, 0.717) is 6.07 Å². The molecule has 0 aliphatic carbocycles. The number of rotatable bonds is 6. The van der Waals surface area contributed by atoms with E-state index in [2.05, 4.69) is 13.5 Å². The maximum Gasteiger partial charge on any atom is 0.348 e. The first kappa shape index (κ1) is 16.2. The molecule has 0 N–H and O–H groups in total. The Balaban J connectivity index is 3.21. The lowest BCUT2D eigenvalue weighted by molar-refractivity contribution is -0.0964. The molecule has 0 aliphatic rings. The summed E-state index contributed by atoms with van der Waals surface area (Å²) in [5.41, 5.74) is -0.388. The maximum atomic E-state index is 13.5. The highest BCUT2D eigenvalue weighted by Crippen LogP contribution is 2.29. The van der Waals surface area contributed by atoms with E-state index in [1.807, 2.05) is 0 Å². The normalized spacial score (nSPS) is 13.5. The van der Waals surface area contributed by atoms with Crippen LogP contribution in [0.15, 0.2) is 17.0 Å². The lowest BCUT2D eigenvalue weighted by atomic mass is 10.1. The van der Waals surface area contributed by atoms with Gasteiger partial charge < -0.3 is 4.52 Å². The molecule has 1 unspecified atom stereocenters. The Morgan fingerprint density at radius 3 is 2.37 bits per heavy atom. The first-order chi connectivity index (χ1) is 8.83. The molecule has 0 aromatic heterocycles.